The van der Waals surface area contributed by atoms with E-state index in [1.165, 1.54) is 0 Å². The highest BCUT2D eigenvalue weighted by Gasteiger charge is 2.31. The van der Waals surface area contributed by atoms with Gasteiger partial charge in [-0.05, 0) is 12.8 Å². The number of hydrogen-bond donors (Lipinski definition) is 0. The summed E-state index contributed by atoms with van der Waals surface area (Å²) < 4.78 is 10.7. The quantitative estimate of drug-likeness (QED) is 0.776. The van der Waals surface area contributed by atoms with E-state index in [-0.39, 0.29) is 5.91 Å². The highest BCUT2D eigenvalue weighted by atomic mass is 16.5. The normalized spacial score (nSPS) is 20.5. The van der Waals surface area contributed by atoms with Gasteiger partial charge in [-0.25, -0.2) is 9.97 Å². The predicted octanol–water partition coefficient (Wildman–Crippen LogP) is 1.14. The zero-order valence-electron chi connectivity index (χ0n) is 15.8. The van der Waals surface area contributed by atoms with Crippen molar-refractivity contribution in [3.63, 3.8) is 0 Å². The van der Waals surface area contributed by atoms with E-state index in [1.54, 1.807) is 6.33 Å². The first-order valence-corrected chi connectivity index (χ1v) is 9.93. The molecule has 4 heterocycles. The Bertz CT molecular complexity index is 838. The van der Waals surface area contributed by atoms with Crippen LogP contribution < -0.4 is 9.80 Å². The Kier molecular flexibility index (Phi) is 4.59. The monoisotopic (exact) mass is 384 g/mol. The van der Waals surface area contributed by atoms with Crippen LogP contribution in [0, 0.1) is 0 Å². The molecule has 2 saturated heterocycles. The van der Waals surface area contributed by atoms with Crippen molar-refractivity contribution in [2.24, 2.45) is 0 Å². The average Bonchev–Trinajstić information content (AvgIpc) is 3.51. The predicted molar refractivity (Wildman–Crippen MR) is 102 cm³/mol. The Morgan fingerprint density at radius 3 is 2.29 bits per heavy atom. The maximum Gasteiger partial charge on any atom is 0.276 e. The fourth-order valence-corrected chi connectivity index (χ4v) is 3.73. The van der Waals surface area contributed by atoms with Crippen LogP contribution in [0.25, 0.3) is 0 Å². The summed E-state index contributed by atoms with van der Waals surface area (Å²) in [5.74, 6) is 3.10. The number of carbonyl (C=O) groups is 1. The molecular formula is C19H24N6O3. The summed E-state index contributed by atoms with van der Waals surface area (Å²) in [6, 6.07) is 3.84. The lowest BCUT2D eigenvalue weighted by Gasteiger charge is -2.35. The molecule has 2 aromatic rings. The summed E-state index contributed by atoms with van der Waals surface area (Å²) in [5.41, 5.74) is 0.423. The molecule has 1 aliphatic carbocycles. The van der Waals surface area contributed by atoms with Gasteiger partial charge in [0.2, 0.25) is 0 Å². The van der Waals surface area contributed by atoms with Gasteiger partial charge < -0.3 is 24.0 Å². The first-order chi connectivity index (χ1) is 13.8. The standard InChI is InChI=1S/C19H24N6O3/c26-19(15-11-16(28-22-15)14-1-2-14)25-5-3-23(4-6-25)17-12-18(21-13-20-17)24-7-9-27-10-8-24/h11-14H,1-10H2. The van der Waals surface area contributed by atoms with Crippen LogP contribution >= 0.6 is 0 Å². The number of morpholine rings is 1. The third kappa shape index (κ3) is 3.54. The average molecular weight is 384 g/mol. The smallest absolute Gasteiger partial charge is 0.276 e. The lowest BCUT2D eigenvalue weighted by Crippen LogP contribution is -2.49. The largest absolute Gasteiger partial charge is 0.378 e. The molecule has 3 aliphatic rings. The molecule has 3 fully saturated rings. The maximum atomic E-state index is 12.7. The van der Waals surface area contributed by atoms with E-state index in [1.807, 2.05) is 17.0 Å². The summed E-state index contributed by atoms with van der Waals surface area (Å²) in [7, 11) is 0. The van der Waals surface area contributed by atoms with E-state index in [9.17, 15) is 4.79 Å². The van der Waals surface area contributed by atoms with Crippen LogP contribution in [0.1, 0.15) is 35.0 Å². The van der Waals surface area contributed by atoms with Crippen LogP contribution in [0.2, 0.25) is 0 Å². The first kappa shape index (κ1) is 17.4. The van der Waals surface area contributed by atoms with Gasteiger partial charge in [0.25, 0.3) is 5.91 Å². The summed E-state index contributed by atoms with van der Waals surface area (Å²) in [4.78, 5) is 27.8. The highest BCUT2D eigenvalue weighted by molar-refractivity contribution is 5.92. The fraction of sp³-hybridized carbons (Fsp3) is 0.579. The molecule has 0 aromatic carbocycles. The third-order valence-corrected chi connectivity index (χ3v) is 5.59. The lowest BCUT2D eigenvalue weighted by molar-refractivity contribution is 0.0736. The van der Waals surface area contributed by atoms with E-state index in [0.717, 1.165) is 69.6 Å². The second kappa shape index (κ2) is 7.38. The van der Waals surface area contributed by atoms with Crippen LogP contribution in [0.3, 0.4) is 0 Å². The molecule has 9 nitrogen and oxygen atoms in total. The molecule has 1 amide bonds. The summed E-state index contributed by atoms with van der Waals surface area (Å²) >= 11 is 0. The number of rotatable bonds is 4. The number of hydrogen-bond acceptors (Lipinski definition) is 8. The topological polar surface area (TPSA) is 87.8 Å². The van der Waals surface area contributed by atoms with Crippen LogP contribution in [-0.4, -0.2) is 78.4 Å². The van der Waals surface area contributed by atoms with Gasteiger partial charge in [0.1, 0.15) is 23.7 Å². The molecule has 1 saturated carbocycles. The van der Waals surface area contributed by atoms with Crippen molar-refractivity contribution in [2.75, 3.05) is 62.3 Å². The number of amides is 1. The Morgan fingerprint density at radius 1 is 0.929 bits per heavy atom. The van der Waals surface area contributed by atoms with Crippen LogP contribution in [0.5, 0.6) is 0 Å². The van der Waals surface area contributed by atoms with Crippen molar-refractivity contribution in [1.82, 2.24) is 20.0 Å². The second-order valence-electron chi connectivity index (χ2n) is 7.50. The number of anilines is 2. The van der Waals surface area contributed by atoms with Crippen molar-refractivity contribution >= 4 is 17.5 Å². The van der Waals surface area contributed by atoms with Crippen molar-refractivity contribution in [2.45, 2.75) is 18.8 Å². The third-order valence-electron chi connectivity index (χ3n) is 5.59. The van der Waals surface area contributed by atoms with Crippen molar-refractivity contribution in [3.05, 3.63) is 29.9 Å². The molecule has 2 aliphatic heterocycles. The SMILES string of the molecule is O=C(c1cc(C2CC2)on1)N1CCN(c2cc(N3CCOCC3)ncn2)CC1. The van der Waals surface area contributed by atoms with E-state index >= 15 is 0 Å². The molecule has 2 aromatic heterocycles. The Morgan fingerprint density at radius 2 is 1.61 bits per heavy atom. The minimum Gasteiger partial charge on any atom is -0.378 e. The molecule has 148 valence electrons. The van der Waals surface area contributed by atoms with Gasteiger partial charge in [0.15, 0.2) is 5.69 Å². The van der Waals surface area contributed by atoms with Crippen molar-refractivity contribution in [3.8, 4) is 0 Å². The van der Waals surface area contributed by atoms with Crippen LogP contribution in [-0.2, 0) is 4.74 Å². The fourth-order valence-electron chi connectivity index (χ4n) is 3.73. The van der Waals surface area contributed by atoms with Crippen molar-refractivity contribution in [1.29, 1.82) is 0 Å². The van der Waals surface area contributed by atoms with E-state index in [4.69, 9.17) is 9.26 Å². The van der Waals surface area contributed by atoms with Crippen LogP contribution in [0.15, 0.2) is 23.0 Å². The molecule has 0 radical (unpaired) electrons. The molecular weight excluding hydrogens is 360 g/mol. The molecule has 28 heavy (non-hydrogen) atoms. The van der Waals surface area contributed by atoms with Gasteiger partial charge in [-0.1, -0.05) is 5.16 Å². The number of nitrogens with zero attached hydrogens (tertiary/aromatic N) is 6. The van der Waals surface area contributed by atoms with Gasteiger partial charge in [0.05, 0.1) is 13.2 Å². The zero-order valence-corrected chi connectivity index (χ0v) is 15.8. The minimum atomic E-state index is -0.0491. The molecule has 0 spiro atoms. The Balaban J connectivity index is 1.21. The van der Waals surface area contributed by atoms with Gasteiger partial charge in [-0.15, -0.1) is 0 Å². The molecule has 0 atom stereocenters. The molecule has 0 bridgehead atoms. The van der Waals surface area contributed by atoms with E-state index in [2.05, 4.69) is 24.9 Å². The molecule has 0 unspecified atom stereocenters. The van der Waals surface area contributed by atoms with Gasteiger partial charge in [0, 0.05) is 57.3 Å². The summed E-state index contributed by atoms with van der Waals surface area (Å²) in [6.07, 6.45) is 3.88. The Hall–Kier alpha value is -2.68. The van der Waals surface area contributed by atoms with E-state index < -0.39 is 0 Å². The molecule has 9 heteroatoms. The second-order valence-corrected chi connectivity index (χ2v) is 7.50. The molecule has 0 N–H and O–H groups in total. The van der Waals surface area contributed by atoms with E-state index in [0.29, 0.717) is 24.7 Å². The number of ether oxygens (including phenoxy) is 1. The number of carbonyl (C=O) groups excluding carboxylic acids is 1. The van der Waals surface area contributed by atoms with Gasteiger partial charge in [-0.3, -0.25) is 4.79 Å². The van der Waals surface area contributed by atoms with Gasteiger partial charge in [-0.2, -0.15) is 0 Å². The van der Waals surface area contributed by atoms with Crippen LogP contribution in [0.4, 0.5) is 11.6 Å². The maximum absolute atomic E-state index is 12.7. The summed E-state index contributed by atoms with van der Waals surface area (Å²) in [6.45, 7) is 5.90. The first-order valence-electron chi connectivity index (χ1n) is 9.93. The Labute approximate surface area is 163 Å². The summed E-state index contributed by atoms with van der Waals surface area (Å²) in [5, 5.41) is 3.98. The van der Waals surface area contributed by atoms with Crippen molar-refractivity contribution < 1.29 is 14.1 Å². The minimum absolute atomic E-state index is 0.0491. The number of aromatic nitrogens is 3. The highest BCUT2D eigenvalue weighted by Crippen LogP contribution is 2.40. The van der Waals surface area contributed by atoms with Gasteiger partial charge >= 0.3 is 0 Å². The molecule has 5 rings (SSSR count). The zero-order chi connectivity index (χ0) is 18.9. The number of piperazine rings is 1. The lowest BCUT2D eigenvalue weighted by atomic mass is 10.2.